The van der Waals surface area contributed by atoms with Crippen LogP contribution in [0.1, 0.15) is 48.3 Å². The highest BCUT2D eigenvalue weighted by Gasteiger charge is 2.24. The maximum Gasteiger partial charge on any atom is 0.263 e. The quantitative estimate of drug-likeness (QED) is 0.929. The Kier molecular flexibility index (Phi) is 4.85. The standard InChI is InChI=1S/C18H24N4OS/c1-18(2,3)17-20-12-14(24-17)16(23)21-13-7-10-22(11-8-13)15-6-4-5-9-19-15/h4-6,9,12-13H,7-8,10-11H2,1-3H3,(H,21,23). The summed E-state index contributed by atoms with van der Waals surface area (Å²) < 4.78 is 0. The Bertz CT molecular complexity index is 685. The van der Waals surface area contributed by atoms with Crippen LogP contribution in [0.25, 0.3) is 0 Å². The maximum atomic E-state index is 12.4. The molecule has 128 valence electrons. The number of pyridine rings is 1. The van der Waals surface area contributed by atoms with E-state index in [4.69, 9.17) is 0 Å². The zero-order valence-electron chi connectivity index (χ0n) is 14.5. The monoisotopic (exact) mass is 344 g/mol. The van der Waals surface area contributed by atoms with Gasteiger partial charge in [0.05, 0.1) is 11.2 Å². The predicted octanol–water partition coefficient (Wildman–Crippen LogP) is 3.23. The Morgan fingerprint density at radius 3 is 2.58 bits per heavy atom. The van der Waals surface area contributed by atoms with E-state index in [1.165, 1.54) is 11.3 Å². The summed E-state index contributed by atoms with van der Waals surface area (Å²) in [6.07, 6.45) is 5.39. The molecular formula is C18H24N4OS. The Hall–Kier alpha value is -1.95. The van der Waals surface area contributed by atoms with Gasteiger partial charge in [0.2, 0.25) is 0 Å². The van der Waals surface area contributed by atoms with Crippen LogP contribution in [0, 0.1) is 0 Å². The van der Waals surface area contributed by atoms with Gasteiger partial charge in [0.1, 0.15) is 10.7 Å². The van der Waals surface area contributed by atoms with Crippen molar-refractivity contribution in [3.63, 3.8) is 0 Å². The second kappa shape index (κ2) is 6.89. The molecule has 0 aromatic carbocycles. The number of anilines is 1. The minimum Gasteiger partial charge on any atom is -0.356 e. The average molecular weight is 344 g/mol. The van der Waals surface area contributed by atoms with Gasteiger partial charge in [0.25, 0.3) is 5.91 Å². The smallest absolute Gasteiger partial charge is 0.263 e. The van der Waals surface area contributed by atoms with E-state index < -0.39 is 0 Å². The fourth-order valence-corrected chi connectivity index (χ4v) is 3.65. The first-order valence-corrected chi connectivity index (χ1v) is 9.18. The van der Waals surface area contributed by atoms with Crippen molar-refractivity contribution in [1.29, 1.82) is 0 Å². The molecular weight excluding hydrogens is 320 g/mol. The Morgan fingerprint density at radius 1 is 1.25 bits per heavy atom. The molecule has 0 saturated carbocycles. The van der Waals surface area contributed by atoms with Gasteiger partial charge in [-0.3, -0.25) is 4.79 Å². The molecule has 24 heavy (non-hydrogen) atoms. The molecule has 2 aromatic rings. The number of thiazole rings is 1. The van der Waals surface area contributed by atoms with Gasteiger partial charge in [0, 0.05) is 30.7 Å². The third-order valence-electron chi connectivity index (χ3n) is 4.17. The lowest BCUT2D eigenvalue weighted by Crippen LogP contribution is -2.44. The molecule has 1 aliphatic rings. The highest BCUT2D eigenvalue weighted by molar-refractivity contribution is 7.13. The normalized spacial score (nSPS) is 16.2. The molecule has 3 rings (SSSR count). The Balaban J connectivity index is 1.54. The molecule has 0 unspecified atom stereocenters. The molecule has 1 fully saturated rings. The van der Waals surface area contributed by atoms with E-state index in [9.17, 15) is 4.79 Å². The molecule has 0 spiro atoms. The second-order valence-electron chi connectivity index (χ2n) is 7.20. The molecule has 5 nitrogen and oxygen atoms in total. The zero-order chi connectivity index (χ0) is 17.2. The molecule has 1 amide bonds. The van der Waals surface area contributed by atoms with Gasteiger partial charge in [-0.15, -0.1) is 11.3 Å². The molecule has 2 aromatic heterocycles. The first-order chi connectivity index (χ1) is 11.4. The van der Waals surface area contributed by atoms with Crippen LogP contribution in [0.2, 0.25) is 0 Å². The number of aromatic nitrogens is 2. The van der Waals surface area contributed by atoms with Crippen molar-refractivity contribution in [2.75, 3.05) is 18.0 Å². The van der Waals surface area contributed by atoms with Crippen LogP contribution in [-0.2, 0) is 5.41 Å². The largest absolute Gasteiger partial charge is 0.356 e. The number of piperidine rings is 1. The fraction of sp³-hybridized carbons (Fsp3) is 0.500. The van der Waals surface area contributed by atoms with E-state index in [-0.39, 0.29) is 17.4 Å². The van der Waals surface area contributed by atoms with Crippen LogP contribution in [-0.4, -0.2) is 35.0 Å². The number of rotatable bonds is 3. The van der Waals surface area contributed by atoms with Crippen molar-refractivity contribution in [2.24, 2.45) is 0 Å². The summed E-state index contributed by atoms with van der Waals surface area (Å²) >= 11 is 1.49. The molecule has 6 heteroatoms. The van der Waals surface area contributed by atoms with Crippen LogP contribution in [0.3, 0.4) is 0 Å². The SMILES string of the molecule is CC(C)(C)c1ncc(C(=O)NC2CCN(c3ccccn3)CC2)s1. The topological polar surface area (TPSA) is 58.1 Å². The molecule has 3 heterocycles. The third-order valence-corrected chi connectivity index (χ3v) is 5.60. The molecule has 1 saturated heterocycles. The van der Waals surface area contributed by atoms with Gasteiger partial charge in [-0.1, -0.05) is 26.8 Å². The number of carbonyl (C=O) groups excluding carboxylic acids is 1. The molecule has 0 aliphatic carbocycles. The van der Waals surface area contributed by atoms with Gasteiger partial charge >= 0.3 is 0 Å². The van der Waals surface area contributed by atoms with Gasteiger partial charge in [-0.05, 0) is 25.0 Å². The van der Waals surface area contributed by atoms with E-state index >= 15 is 0 Å². The van der Waals surface area contributed by atoms with Gasteiger partial charge in [0.15, 0.2) is 0 Å². The lowest BCUT2D eigenvalue weighted by molar-refractivity contribution is 0.0935. The highest BCUT2D eigenvalue weighted by atomic mass is 32.1. The van der Waals surface area contributed by atoms with E-state index in [1.807, 2.05) is 24.4 Å². The maximum absolute atomic E-state index is 12.4. The lowest BCUT2D eigenvalue weighted by Gasteiger charge is -2.33. The van der Waals surface area contributed by atoms with Gasteiger partial charge in [-0.2, -0.15) is 0 Å². The minimum absolute atomic E-state index is 0.000661. The van der Waals surface area contributed by atoms with E-state index in [2.05, 4.69) is 41.0 Å². The summed E-state index contributed by atoms with van der Waals surface area (Å²) in [7, 11) is 0. The minimum atomic E-state index is -0.0166. The third kappa shape index (κ3) is 3.93. The number of hydrogen-bond acceptors (Lipinski definition) is 5. The van der Waals surface area contributed by atoms with Crippen molar-refractivity contribution < 1.29 is 4.79 Å². The Morgan fingerprint density at radius 2 is 2.00 bits per heavy atom. The number of amides is 1. The lowest BCUT2D eigenvalue weighted by atomic mass is 9.98. The van der Waals surface area contributed by atoms with Gasteiger partial charge < -0.3 is 10.2 Å². The van der Waals surface area contributed by atoms with Crippen molar-refractivity contribution in [3.05, 3.63) is 40.5 Å². The zero-order valence-corrected chi connectivity index (χ0v) is 15.3. The molecule has 0 bridgehead atoms. The fourth-order valence-electron chi connectivity index (χ4n) is 2.78. The number of hydrogen-bond donors (Lipinski definition) is 1. The van der Waals surface area contributed by atoms with Crippen LogP contribution in [0.15, 0.2) is 30.6 Å². The summed E-state index contributed by atoms with van der Waals surface area (Å²) in [5.41, 5.74) is -0.0166. The summed E-state index contributed by atoms with van der Waals surface area (Å²) in [5.74, 6) is 1.01. The second-order valence-corrected chi connectivity index (χ2v) is 8.23. The van der Waals surface area contributed by atoms with Crippen molar-refractivity contribution >= 4 is 23.1 Å². The number of nitrogens with one attached hydrogen (secondary N) is 1. The first-order valence-electron chi connectivity index (χ1n) is 8.36. The summed E-state index contributed by atoms with van der Waals surface area (Å²) in [4.78, 5) is 24.2. The average Bonchev–Trinajstić information content (AvgIpc) is 3.07. The molecule has 0 atom stereocenters. The van der Waals surface area contributed by atoms with Crippen LogP contribution in [0.4, 0.5) is 5.82 Å². The summed E-state index contributed by atoms with van der Waals surface area (Å²) in [6.45, 7) is 8.17. The molecule has 1 aliphatic heterocycles. The van der Waals surface area contributed by atoms with Crippen LogP contribution < -0.4 is 10.2 Å². The predicted molar refractivity (Wildman–Crippen MR) is 97.8 cm³/mol. The molecule has 0 radical (unpaired) electrons. The first kappa shape index (κ1) is 16.9. The van der Waals surface area contributed by atoms with Crippen LogP contribution >= 0.6 is 11.3 Å². The van der Waals surface area contributed by atoms with Crippen molar-refractivity contribution in [3.8, 4) is 0 Å². The van der Waals surface area contributed by atoms with E-state index in [0.29, 0.717) is 4.88 Å². The Labute approximate surface area is 147 Å². The van der Waals surface area contributed by atoms with Crippen LogP contribution in [0.5, 0.6) is 0 Å². The van der Waals surface area contributed by atoms with E-state index in [0.717, 1.165) is 36.8 Å². The van der Waals surface area contributed by atoms with Crippen molar-refractivity contribution in [1.82, 2.24) is 15.3 Å². The van der Waals surface area contributed by atoms with Crippen molar-refractivity contribution in [2.45, 2.75) is 45.1 Å². The molecule has 1 N–H and O–H groups in total. The van der Waals surface area contributed by atoms with E-state index in [1.54, 1.807) is 6.20 Å². The summed E-state index contributed by atoms with van der Waals surface area (Å²) in [6, 6.07) is 6.19. The number of nitrogens with zero attached hydrogens (tertiary/aromatic N) is 3. The summed E-state index contributed by atoms with van der Waals surface area (Å²) in [5, 5.41) is 4.15. The number of carbonyl (C=O) groups is 1. The van der Waals surface area contributed by atoms with Gasteiger partial charge in [-0.25, -0.2) is 9.97 Å². The highest BCUT2D eigenvalue weighted by Crippen LogP contribution is 2.27.